The molecule has 0 radical (unpaired) electrons. The lowest BCUT2D eigenvalue weighted by Crippen LogP contribution is -2.37. The molecule has 0 bridgehead atoms. The largest absolute Gasteiger partial charge is 0.466 e. The van der Waals surface area contributed by atoms with E-state index >= 15 is 0 Å². The van der Waals surface area contributed by atoms with Crippen LogP contribution in [0.1, 0.15) is 28.9 Å². The first-order chi connectivity index (χ1) is 14.6. The maximum absolute atomic E-state index is 12.5. The van der Waals surface area contributed by atoms with Crippen LogP contribution in [-0.2, 0) is 9.53 Å². The lowest BCUT2D eigenvalue weighted by molar-refractivity contribution is -0.151. The zero-order chi connectivity index (χ0) is 21.3. The molecule has 0 saturated carbocycles. The van der Waals surface area contributed by atoms with Crippen LogP contribution in [-0.4, -0.2) is 30.1 Å². The Kier molecular flexibility index (Phi) is 7.35. The van der Waals surface area contributed by atoms with Gasteiger partial charge in [0, 0.05) is 12.1 Å². The van der Waals surface area contributed by atoms with E-state index in [-0.39, 0.29) is 19.1 Å². The molecular formula is C25H25NO4. The standard InChI is InChI=1S/C25H25NO4/c1-2-30-25(29)22(17-26-24(28)21-11-7-4-8-12-21)23(27)20-15-13-19(14-16-20)18-9-5-3-6-10-18/h3-16,22-23,27H,2,17H2,1H3,(H,26,28). The van der Waals surface area contributed by atoms with Crippen molar-refractivity contribution < 1.29 is 19.4 Å². The fourth-order valence-corrected chi connectivity index (χ4v) is 3.20. The molecule has 0 aromatic heterocycles. The summed E-state index contributed by atoms with van der Waals surface area (Å²) in [4.78, 5) is 24.8. The van der Waals surface area contributed by atoms with Gasteiger partial charge in [-0.05, 0) is 35.7 Å². The molecule has 5 nitrogen and oxygen atoms in total. The Morgan fingerprint density at radius 1 is 0.867 bits per heavy atom. The summed E-state index contributed by atoms with van der Waals surface area (Å²) in [7, 11) is 0. The molecule has 154 valence electrons. The Balaban J connectivity index is 1.74. The lowest BCUT2D eigenvalue weighted by atomic mass is 9.93. The first kappa shape index (κ1) is 21.3. The molecule has 0 aliphatic carbocycles. The zero-order valence-corrected chi connectivity index (χ0v) is 16.8. The molecule has 3 rings (SSSR count). The van der Waals surface area contributed by atoms with Crippen molar-refractivity contribution >= 4 is 11.9 Å². The number of carbonyl (C=O) groups is 2. The van der Waals surface area contributed by atoms with Gasteiger partial charge < -0.3 is 15.2 Å². The molecule has 30 heavy (non-hydrogen) atoms. The predicted molar refractivity (Wildman–Crippen MR) is 116 cm³/mol. The highest BCUT2D eigenvalue weighted by Gasteiger charge is 2.30. The number of amides is 1. The second-order valence-corrected chi connectivity index (χ2v) is 6.87. The topological polar surface area (TPSA) is 75.6 Å². The SMILES string of the molecule is CCOC(=O)C(CNC(=O)c1ccccc1)C(O)c1ccc(-c2ccccc2)cc1. The third kappa shape index (κ3) is 5.33. The number of ether oxygens (including phenoxy) is 1. The van der Waals surface area contributed by atoms with Gasteiger partial charge >= 0.3 is 5.97 Å². The predicted octanol–water partition coefficient (Wildman–Crippen LogP) is 4.00. The minimum absolute atomic E-state index is 0.0336. The van der Waals surface area contributed by atoms with Crippen molar-refractivity contribution in [2.75, 3.05) is 13.2 Å². The van der Waals surface area contributed by atoms with Crippen molar-refractivity contribution in [3.8, 4) is 11.1 Å². The van der Waals surface area contributed by atoms with Crippen LogP contribution in [0.15, 0.2) is 84.9 Å². The van der Waals surface area contributed by atoms with Gasteiger partial charge in [0.2, 0.25) is 0 Å². The van der Waals surface area contributed by atoms with Crippen LogP contribution in [0.3, 0.4) is 0 Å². The highest BCUT2D eigenvalue weighted by Crippen LogP contribution is 2.26. The van der Waals surface area contributed by atoms with E-state index in [9.17, 15) is 14.7 Å². The van der Waals surface area contributed by atoms with Gasteiger partial charge in [0.25, 0.3) is 5.91 Å². The molecule has 0 saturated heterocycles. The van der Waals surface area contributed by atoms with E-state index in [1.165, 1.54) is 0 Å². The van der Waals surface area contributed by atoms with Gasteiger partial charge in [-0.15, -0.1) is 0 Å². The first-order valence-electron chi connectivity index (χ1n) is 9.93. The van der Waals surface area contributed by atoms with E-state index in [0.717, 1.165) is 11.1 Å². The van der Waals surface area contributed by atoms with E-state index < -0.39 is 18.0 Å². The smallest absolute Gasteiger partial charge is 0.313 e. The van der Waals surface area contributed by atoms with Crippen LogP contribution in [0.2, 0.25) is 0 Å². The molecule has 0 spiro atoms. The Bertz CT molecular complexity index is 955. The number of nitrogens with one attached hydrogen (secondary N) is 1. The second-order valence-electron chi connectivity index (χ2n) is 6.87. The summed E-state index contributed by atoms with van der Waals surface area (Å²) in [6, 6.07) is 26.0. The summed E-state index contributed by atoms with van der Waals surface area (Å²) in [6.07, 6.45) is -1.11. The van der Waals surface area contributed by atoms with Crippen molar-refractivity contribution in [2.45, 2.75) is 13.0 Å². The second kappa shape index (κ2) is 10.4. The normalized spacial score (nSPS) is 12.6. The lowest BCUT2D eigenvalue weighted by Gasteiger charge is -2.22. The number of carbonyl (C=O) groups excluding carboxylic acids is 2. The molecule has 3 aromatic carbocycles. The van der Waals surface area contributed by atoms with Crippen LogP contribution >= 0.6 is 0 Å². The third-order valence-electron chi connectivity index (χ3n) is 4.85. The molecule has 0 heterocycles. The van der Waals surface area contributed by atoms with Gasteiger partial charge in [-0.3, -0.25) is 9.59 Å². The summed E-state index contributed by atoms with van der Waals surface area (Å²) >= 11 is 0. The van der Waals surface area contributed by atoms with Gasteiger partial charge in [0.1, 0.15) is 5.92 Å². The Labute approximate surface area is 176 Å². The summed E-state index contributed by atoms with van der Waals surface area (Å²) in [5.41, 5.74) is 3.15. The minimum atomic E-state index is -1.11. The van der Waals surface area contributed by atoms with Gasteiger partial charge in [-0.25, -0.2) is 0 Å². The van der Waals surface area contributed by atoms with Crippen molar-refractivity contribution in [1.82, 2.24) is 5.32 Å². The maximum atomic E-state index is 12.5. The van der Waals surface area contributed by atoms with Crippen molar-refractivity contribution in [3.63, 3.8) is 0 Å². The average molecular weight is 403 g/mol. The highest BCUT2D eigenvalue weighted by atomic mass is 16.5. The van der Waals surface area contributed by atoms with Crippen LogP contribution < -0.4 is 5.32 Å². The summed E-state index contributed by atoms with van der Waals surface area (Å²) in [6.45, 7) is 1.87. The summed E-state index contributed by atoms with van der Waals surface area (Å²) < 4.78 is 5.13. The fraction of sp³-hybridized carbons (Fsp3) is 0.200. The van der Waals surface area contributed by atoms with Gasteiger partial charge in [0.15, 0.2) is 0 Å². The van der Waals surface area contributed by atoms with Crippen molar-refractivity contribution in [1.29, 1.82) is 0 Å². The zero-order valence-electron chi connectivity index (χ0n) is 16.8. The maximum Gasteiger partial charge on any atom is 0.313 e. The van der Waals surface area contributed by atoms with Crippen molar-refractivity contribution in [3.05, 3.63) is 96.1 Å². The number of hydrogen-bond donors (Lipinski definition) is 2. The number of esters is 1. The number of rotatable bonds is 8. The van der Waals surface area contributed by atoms with E-state index in [4.69, 9.17) is 4.74 Å². The van der Waals surface area contributed by atoms with Gasteiger partial charge in [0.05, 0.1) is 12.7 Å². The molecule has 0 aliphatic heterocycles. The van der Waals surface area contributed by atoms with Crippen LogP contribution in [0, 0.1) is 5.92 Å². The number of benzene rings is 3. The third-order valence-corrected chi connectivity index (χ3v) is 4.85. The molecule has 1 amide bonds. The number of aliphatic hydroxyl groups is 1. The highest BCUT2D eigenvalue weighted by molar-refractivity contribution is 5.94. The van der Waals surface area contributed by atoms with Gasteiger partial charge in [-0.1, -0.05) is 72.8 Å². The quantitative estimate of drug-likeness (QED) is 0.558. The summed E-state index contributed by atoms with van der Waals surface area (Å²) in [5, 5.41) is 13.6. The molecule has 2 unspecified atom stereocenters. The molecule has 2 atom stereocenters. The monoisotopic (exact) mass is 403 g/mol. The Hall–Kier alpha value is -3.44. The average Bonchev–Trinajstić information content (AvgIpc) is 2.80. The van der Waals surface area contributed by atoms with E-state index in [2.05, 4.69) is 5.32 Å². The Morgan fingerprint density at radius 2 is 1.43 bits per heavy atom. The first-order valence-corrected chi connectivity index (χ1v) is 9.93. The van der Waals surface area contributed by atoms with Crippen molar-refractivity contribution in [2.24, 2.45) is 5.92 Å². The van der Waals surface area contributed by atoms with E-state index in [0.29, 0.717) is 11.1 Å². The van der Waals surface area contributed by atoms with Crippen LogP contribution in [0.5, 0.6) is 0 Å². The van der Waals surface area contributed by atoms with Gasteiger partial charge in [-0.2, -0.15) is 0 Å². The van der Waals surface area contributed by atoms with Crippen LogP contribution in [0.25, 0.3) is 11.1 Å². The van der Waals surface area contributed by atoms with Crippen LogP contribution in [0.4, 0.5) is 0 Å². The summed E-state index contributed by atoms with van der Waals surface area (Å²) in [5.74, 6) is -1.78. The molecule has 3 aromatic rings. The van der Waals surface area contributed by atoms with E-state index in [1.807, 2.05) is 48.5 Å². The minimum Gasteiger partial charge on any atom is -0.466 e. The molecule has 2 N–H and O–H groups in total. The Morgan fingerprint density at radius 3 is 2.03 bits per heavy atom. The molecule has 0 fully saturated rings. The molecule has 5 heteroatoms. The fourth-order valence-electron chi connectivity index (χ4n) is 3.20. The number of hydrogen-bond acceptors (Lipinski definition) is 4. The number of aliphatic hydroxyl groups excluding tert-OH is 1. The molecule has 0 aliphatic rings. The molecular weight excluding hydrogens is 378 g/mol. The van der Waals surface area contributed by atoms with E-state index in [1.54, 1.807) is 43.3 Å².